The quantitative estimate of drug-likeness (QED) is 0.823. The Kier molecular flexibility index (Phi) is 4.95. The molecule has 0 radical (unpaired) electrons. The fourth-order valence-electron chi connectivity index (χ4n) is 2.03. The number of halogens is 2. The first-order chi connectivity index (χ1) is 9.47. The monoisotopic (exact) mass is 352 g/mol. The van der Waals surface area contributed by atoms with E-state index in [4.69, 9.17) is 11.6 Å². The fourth-order valence-corrected chi connectivity index (χ4v) is 2.83. The minimum Gasteiger partial charge on any atom is -0.379 e. The van der Waals surface area contributed by atoms with Crippen LogP contribution in [0.5, 0.6) is 0 Å². The summed E-state index contributed by atoms with van der Waals surface area (Å²) in [6.07, 6.45) is 0. The van der Waals surface area contributed by atoms with Gasteiger partial charge < -0.3 is 10.2 Å². The lowest BCUT2D eigenvalue weighted by atomic mass is 10.1. The summed E-state index contributed by atoms with van der Waals surface area (Å²) < 4.78 is 1.12. The van der Waals surface area contributed by atoms with Crippen molar-refractivity contribution in [2.75, 3.05) is 24.3 Å². The van der Waals surface area contributed by atoms with Gasteiger partial charge in [-0.15, -0.1) is 0 Å². The van der Waals surface area contributed by atoms with Crippen molar-refractivity contribution in [1.82, 2.24) is 0 Å². The second kappa shape index (κ2) is 6.51. The molecule has 0 amide bonds. The highest BCUT2D eigenvalue weighted by atomic mass is 79.9. The van der Waals surface area contributed by atoms with Gasteiger partial charge in [0.25, 0.3) is 0 Å². The van der Waals surface area contributed by atoms with Crippen LogP contribution in [0.25, 0.3) is 0 Å². The third-order valence-electron chi connectivity index (χ3n) is 3.12. The molecule has 2 aromatic rings. The Morgan fingerprint density at radius 2 is 1.90 bits per heavy atom. The van der Waals surface area contributed by atoms with Crippen molar-refractivity contribution < 1.29 is 0 Å². The third-order valence-corrected chi connectivity index (χ3v) is 4.09. The van der Waals surface area contributed by atoms with Crippen molar-refractivity contribution in [3.63, 3.8) is 0 Å². The molecule has 0 unspecified atom stereocenters. The van der Waals surface area contributed by atoms with Gasteiger partial charge in [-0.05, 0) is 42.3 Å². The molecule has 0 heterocycles. The van der Waals surface area contributed by atoms with E-state index < -0.39 is 0 Å². The second-order valence-corrected chi connectivity index (χ2v) is 6.30. The van der Waals surface area contributed by atoms with Crippen LogP contribution in [0.1, 0.15) is 11.1 Å². The molecular weight excluding hydrogens is 336 g/mol. The molecule has 4 heteroatoms. The molecule has 106 valence electrons. The Labute approximate surface area is 133 Å². The van der Waals surface area contributed by atoms with Crippen LogP contribution in [0.2, 0.25) is 5.02 Å². The Balaban J connectivity index is 2.20. The molecule has 0 saturated carbocycles. The molecule has 2 nitrogen and oxygen atoms in total. The van der Waals surface area contributed by atoms with Crippen LogP contribution in [0, 0.1) is 6.92 Å². The molecule has 0 bridgehead atoms. The van der Waals surface area contributed by atoms with Gasteiger partial charge in [0.05, 0.1) is 11.4 Å². The largest absolute Gasteiger partial charge is 0.379 e. The molecule has 0 aliphatic heterocycles. The predicted molar refractivity (Wildman–Crippen MR) is 92.0 cm³/mol. The first-order valence-corrected chi connectivity index (χ1v) is 7.60. The zero-order valence-corrected chi connectivity index (χ0v) is 14.2. The smallest absolute Gasteiger partial charge is 0.0597 e. The SMILES string of the molecule is Cc1ccc(CNc2cc(Cl)ccc2N(C)C)c(Br)c1. The summed E-state index contributed by atoms with van der Waals surface area (Å²) in [6.45, 7) is 2.84. The summed E-state index contributed by atoms with van der Waals surface area (Å²) in [4.78, 5) is 2.07. The maximum atomic E-state index is 6.09. The average molecular weight is 354 g/mol. The zero-order chi connectivity index (χ0) is 14.7. The van der Waals surface area contributed by atoms with Gasteiger partial charge >= 0.3 is 0 Å². The summed E-state index contributed by atoms with van der Waals surface area (Å²) >= 11 is 9.69. The number of nitrogens with one attached hydrogen (secondary N) is 1. The van der Waals surface area contributed by atoms with Gasteiger partial charge in [0.1, 0.15) is 0 Å². The molecule has 2 aromatic carbocycles. The first-order valence-electron chi connectivity index (χ1n) is 6.43. The summed E-state index contributed by atoms with van der Waals surface area (Å²) in [5.41, 5.74) is 4.63. The topological polar surface area (TPSA) is 15.3 Å². The lowest BCUT2D eigenvalue weighted by Gasteiger charge is -2.19. The lowest BCUT2D eigenvalue weighted by Crippen LogP contribution is -2.12. The molecular formula is C16H18BrClN2. The highest BCUT2D eigenvalue weighted by Crippen LogP contribution is 2.29. The van der Waals surface area contributed by atoms with Crippen LogP contribution in [-0.4, -0.2) is 14.1 Å². The van der Waals surface area contributed by atoms with E-state index in [-0.39, 0.29) is 0 Å². The van der Waals surface area contributed by atoms with Crippen molar-refractivity contribution in [2.45, 2.75) is 13.5 Å². The second-order valence-electron chi connectivity index (χ2n) is 5.00. The molecule has 0 atom stereocenters. The van der Waals surface area contributed by atoms with Gasteiger partial charge in [0.15, 0.2) is 0 Å². The minimum atomic E-state index is 0.737. The first kappa shape index (κ1) is 15.2. The zero-order valence-electron chi connectivity index (χ0n) is 11.9. The van der Waals surface area contributed by atoms with Crippen LogP contribution in [0.15, 0.2) is 40.9 Å². The molecule has 0 saturated heterocycles. The predicted octanol–water partition coefficient (Wildman–Crippen LogP) is 5.09. The maximum absolute atomic E-state index is 6.09. The van der Waals surface area contributed by atoms with Gasteiger partial charge in [-0.1, -0.05) is 39.7 Å². The molecule has 0 aliphatic rings. The Morgan fingerprint density at radius 3 is 2.55 bits per heavy atom. The van der Waals surface area contributed by atoms with E-state index >= 15 is 0 Å². The summed E-state index contributed by atoms with van der Waals surface area (Å²) in [6, 6.07) is 12.3. The molecule has 0 fully saturated rings. The van der Waals surface area contributed by atoms with Crippen molar-refractivity contribution in [1.29, 1.82) is 0 Å². The van der Waals surface area contributed by atoms with E-state index in [0.717, 1.165) is 27.4 Å². The standard InChI is InChI=1S/C16H18BrClN2/c1-11-4-5-12(14(17)8-11)10-19-15-9-13(18)6-7-16(15)20(2)3/h4-9,19H,10H2,1-3H3. The highest BCUT2D eigenvalue weighted by Gasteiger charge is 2.06. The Morgan fingerprint density at radius 1 is 1.15 bits per heavy atom. The van der Waals surface area contributed by atoms with E-state index in [1.54, 1.807) is 0 Å². The number of anilines is 2. The minimum absolute atomic E-state index is 0.737. The molecule has 2 rings (SSSR count). The van der Waals surface area contributed by atoms with Crippen molar-refractivity contribution in [3.8, 4) is 0 Å². The van der Waals surface area contributed by atoms with E-state index in [0.29, 0.717) is 0 Å². The lowest BCUT2D eigenvalue weighted by molar-refractivity contribution is 1.09. The van der Waals surface area contributed by atoms with Crippen molar-refractivity contribution in [2.24, 2.45) is 0 Å². The molecule has 0 aliphatic carbocycles. The number of aryl methyl sites for hydroxylation is 1. The van der Waals surface area contributed by atoms with E-state index in [9.17, 15) is 0 Å². The van der Waals surface area contributed by atoms with Crippen LogP contribution in [-0.2, 0) is 6.54 Å². The normalized spacial score (nSPS) is 10.4. The van der Waals surface area contributed by atoms with Gasteiger partial charge in [0.2, 0.25) is 0 Å². The summed E-state index contributed by atoms with van der Waals surface area (Å²) in [5, 5.41) is 4.19. The molecule has 1 N–H and O–H groups in total. The number of hydrogen-bond donors (Lipinski definition) is 1. The van der Waals surface area contributed by atoms with Gasteiger partial charge in [0, 0.05) is 30.1 Å². The number of rotatable bonds is 4. The molecule has 20 heavy (non-hydrogen) atoms. The van der Waals surface area contributed by atoms with Gasteiger partial charge in [-0.2, -0.15) is 0 Å². The Bertz CT molecular complexity index is 611. The number of benzene rings is 2. The van der Waals surface area contributed by atoms with Crippen molar-refractivity contribution in [3.05, 3.63) is 57.0 Å². The Hall–Kier alpha value is -1.19. The van der Waals surface area contributed by atoms with E-state index in [1.807, 2.05) is 32.3 Å². The third kappa shape index (κ3) is 3.68. The maximum Gasteiger partial charge on any atom is 0.0597 e. The van der Waals surface area contributed by atoms with Crippen molar-refractivity contribution >= 4 is 38.9 Å². The number of hydrogen-bond acceptors (Lipinski definition) is 2. The average Bonchev–Trinajstić information content (AvgIpc) is 2.37. The summed E-state index contributed by atoms with van der Waals surface area (Å²) in [7, 11) is 4.05. The fraction of sp³-hybridized carbons (Fsp3) is 0.250. The van der Waals surface area contributed by atoms with Gasteiger partial charge in [-0.3, -0.25) is 0 Å². The highest BCUT2D eigenvalue weighted by molar-refractivity contribution is 9.10. The van der Waals surface area contributed by atoms with Crippen LogP contribution in [0.4, 0.5) is 11.4 Å². The molecule has 0 aromatic heterocycles. The molecule has 0 spiro atoms. The van der Waals surface area contributed by atoms with E-state index in [1.165, 1.54) is 11.1 Å². The van der Waals surface area contributed by atoms with Crippen LogP contribution < -0.4 is 10.2 Å². The summed E-state index contributed by atoms with van der Waals surface area (Å²) in [5.74, 6) is 0. The van der Waals surface area contributed by atoms with Crippen LogP contribution in [0.3, 0.4) is 0 Å². The number of nitrogens with zero attached hydrogens (tertiary/aromatic N) is 1. The van der Waals surface area contributed by atoms with Crippen LogP contribution >= 0.6 is 27.5 Å². The van der Waals surface area contributed by atoms with Gasteiger partial charge in [-0.25, -0.2) is 0 Å². The van der Waals surface area contributed by atoms with E-state index in [2.05, 4.69) is 51.3 Å².